The van der Waals surface area contributed by atoms with Crippen molar-refractivity contribution in [1.29, 1.82) is 0 Å². The van der Waals surface area contributed by atoms with Crippen molar-refractivity contribution < 1.29 is 28.7 Å². The molecule has 232 valence electrons. The van der Waals surface area contributed by atoms with E-state index in [1.54, 1.807) is 46.1 Å². The fraction of sp³-hybridized carbons (Fsp3) is 0.242. The van der Waals surface area contributed by atoms with Gasteiger partial charge in [0.15, 0.2) is 16.3 Å². The van der Waals surface area contributed by atoms with E-state index in [4.69, 9.17) is 23.9 Å². The number of methoxy groups -OCH3 is 1. The van der Waals surface area contributed by atoms with Crippen molar-refractivity contribution in [2.75, 3.05) is 20.3 Å². The molecule has 0 saturated heterocycles. The van der Waals surface area contributed by atoms with Crippen LogP contribution >= 0.6 is 11.3 Å². The molecule has 11 nitrogen and oxygen atoms in total. The molecule has 1 aromatic heterocycles. The Hall–Kier alpha value is -5.23. The number of hydrogen-bond acceptors (Lipinski definition) is 10. The van der Waals surface area contributed by atoms with Crippen molar-refractivity contribution in [1.82, 2.24) is 4.57 Å². The lowest BCUT2D eigenvalue weighted by Gasteiger charge is -2.23. The van der Waals surface area contributed by atoms with E-state index in [0.717, 1.165) is 22.5 Å². The van der Waals surface area contributed by atoms with Crippen LogP contribution in [0.1, 0.15) is 43.5 Å². The third kappa shape index (κ3) is 6.50. The molecule has 0 unspecified atom stereocenters. The number of ether oxygens (including phenoxy) is 4. The van der Waals surface area contributed by atoms with Crippen molar-refractivity contribution in [3.05, 3.63) is 119 Å². The SMILES string of the molecule is CCOC(=O)C1=C(C)n2c(s/c(=C\c3ccc(OC)cc3)c2=O)=N[C@H]1c1cc(OCC)c(OCc2ccccc2)cc1[N+](=O)[O-]. The summed E-state index contributed by atoms with van der Waals surface area (Å²) in [6.07, 6.45) is 1.72. The summed E-state index contributed by atoms with van der Waals surface area (Å²) in [6, 6.07) is 18.2. The van der Waals surface area contributed by atoms with E-state index in [-0.39, 0.29) is 64.2 Å². The van der Waals surface area contributed by atoms with Gasteiger partial charge in [0.25, 0.3) is 11.2 Å². The van der Waals surface area contributed by atoms with Crippen molar-refractivity contribution in [2.45, 2.75) is 33.4 Å². The van der Waals surface area contributed by atoms with Gasteiger partial charge in [-0.2, -0.15) is 0 Å². The van der Waals surface area contributed by atoms with Crippen LogP contribution in [0.3, 0.4) is 0 Å². The molecule has 1 aliphatic rings. The predicted molar refractivity (Wildman–Crippen MR) is 169 cm³/mol. The van der Waals surface area contributed by atoms with Gasteiger partial charge in [0.2, 0.25) is 0 Å². The van der Waals surface area contributed by atoms with Gasteiger partial charge in [0.1, 0.15) is 18.4 Å². The fourth-order valence-electron chi connectivity index (χ4n) is 4.95. The third-order valence-corrected chi connectivity index (χ3v) is 8.06. The number of allylic oxidation sites excluding steroid dienone is 1. The van der Waals surface area contributed by atoms with E-state index < -0.39 is 16.9 Å². The number of thiazole rings is 1. The van der Waals surface area contributed by atoms with Crippen LogP contribution < -0.4 is 29.1 Å². The van der Waals surface area contributed by atoms with Crippen molar-refractivity contribution in [3.63, 3.8) is 0 Å². The van der Waals surface area contributed by atoms with Gasteiger partial charge in [-0.25, -0.2) is 9.79 Å². The zero-order chi connectivity index (χ0) is 32.1. The maximum atomic E-state index is 13.6. The first-order chi connectivity index (χ1) is 21.7. The van der Waals surface area contributed by atoms with Crippen LogP contribution in [0, 0.1) is 10.1 Å². The van der Waals surface area contributed by atoms with Crippen LogP contribution in [0.4, 0.5) is 5.69 Å². The summed E-state index contributed by atoms with van der Waals surface area (Å²) in [4.78, 5) is 43.9. The van der Waals surface area contributed by atoms with Crippen molar-refractivity contribution >= 4 is 34.8 Å². The number of nitro benzene ring substituents is 1. The molecule has 0 aliphatic carbocycles. The van der Waals surface area contributed by atoms with E-state index in [1.807, 2.05) is 42.5 Å². The molecule has 2 heterocycles. The van der Waals surface area contributed by atoms with Gasteiger partial charge in [-0.15, -0.1) is 0 Å². The summed E-state index contributed by atoms with van der Waals surface area (Å²) in [5.41, 5.74) is 1.34. The maximum Gasteiger partial charge on any atom is 0.338 e. The van der Waals surface area contributed by atoms with Crippen LogP contribution in [0.2, 0.25) is 0 Å². The molecular weight excluding hydrogens is 598 g/mol. The zero-order valence-corrected chi connectivity index (χ0v) is 26.0. The summed E-state index contributed by atoms with van der Waals surface area (Å²) in [7, 11) is 1.57. The molecule has 0 radical (unpaired) electrons. The van der Waals surface area contributed by atoms with E-state index in [0.29, 0.717) is 10.3 Å². The Kier molecular flexibility index (Phi) is 9.43. The topological polar surface area (TPSA) is 131 Å². The van der Waals surface area contributed by atoms with Gasteiger partial charge in [-0.3, -0.25) is 19.5 Å². The molecule has 1 atom stereocenters. The number of fused-ring (bicyclic) bond motifs is 1. The molecule has 3 aromatic carbocycles. The molecule has 0 fully saturated rings. The first-order valence-corrected chi connectivity index (χ1v) is 15.0. The summed E-state index contributed by atoms with van der Waals surface area (Å²) in [5.74, 6) is 0.377. The van der Waals surface area contributed by atoms with E-state index in [9.17, 15) is 19.7 Å². The van der Waals surface area contributed by atoms with Gasteiger partial charge < -0.3 is 18.9 Å². The van der Waals surface area contributed by atoms with Gasteiger partial charge in [0, 0.05) is 5.70 Å². The second-order valence-corrected chi connectivity index (χ2v) is 10.9. The quantitative estimate of drug-likeness (QED) is 0.131. The lowest BCUT2D eigenvalue weighted by Crippen LogP contribution is -2.35. The lowest BCUT2D eigenvalue weighted by atomic mass is 9.94. The van der Waals surface area contributed by atoms with Gasteiger partial charge in [-0.1, -0.05) is 53.8 Å². The Morgan fingerprint density at radius 3 is 2.40 bits per heavy atom. The number of carbonyl (C=O) groups excluding carboxylic acids is 1. The van der Waals surface area contributed by atoms with Crippen LogP contribution in [0.25, 0.3) is 11.8 Å². The summed E-state index contributed by atoms with van der Waals surface area (Å²) >= 11 is 1.12. The molecule has 5 rings (SSSR count). The Morgan fingerprint density at radius 2 is 1.76 bits per heavy atom. The molecule has 0 amide bonds. The lowest BCUT2D eigenvalue weighted by molar-refractivity contribution is -0.385. The van der Waals surface area contributed by atoms with E-state index in [1.165, 1.54) is 16.7 Å². The maximum absolute atomic E-state index is 13.6. The molecule has 45 heavy (non-hydrogen) atoms. The molecule has 0 bridgehead atoms. The molecule has 0 saturated carbocycles. The summed E-state index contributed by atoms with van der Waals surface area (Å²) in [5, 5.41) is 12.5. The van der Waals surface area contributed by atoms with Gasteiger partial charge in [0.05, 0.1) is 47.0 Å². The standard InChI is InChI=1S/C33H31N3O8S/c1-5-42-26-17-24(25(36(39)40)18-27(26)44-19-22-10-8-7-9-11-22)30-29(32(38)43-6-2)20(3)35-31(37)28(45-33(35)34-30)16-21-12-14-23(41-4)15-13-21/h7-18,30H,5-6,19H2,1-4H3/b28-16-/t30-/m0/s1. The van der Waals surface area contributed by atoms with Gasteiger partial charge in [-0.05, 0) is 56.2 Å². The Bertz CT molecular complexity index is 1950. The predicted octanol–water partition coefficient (Wildman–Crippen LogP) is 4.80. The zero-order valence-electron chi connectivity index (χ0n) is 25.1. The monoisotopic (exact) mass is 629 g/mol. The summed E-state index contributed by atoms with van der Waals surface area (Å²) in [6.45, 7) is 5.52. The van der Waals surface area contributed by atoms with E-state index in [2.05, 4.69) is 0 Å². The second-order valence-electron chi connectivity index (χ2n) is 9.88. The molecule has 1 aliphatic heterocycles. The number of rotatable bonds is 11. The highest BCUT2D eigenvalue weighted by atomic mass is 32.1. The van der Waals surface area contributed by atoms with E-state index >= 15 is 0 Å². The number of benzene rings is 3. The summed E-state index contributed by atoms with van der Waals surface area (Å²) < 4.78 is 24.1. The molecule has 0 N–H and O–H groups in total. The average Bonchev–Trinajstić information content (AvgIpc) is 3.35. The highest BCUT2D eigenvalue weighted by Gasteiger charge is 2.36. The highest BCUT2D eigenvalue weighted by Crippen LogP contribution is 2.43. The Labute approximate surface area is 262 Å². The molecular formula is C33H31N3O8S. The third-order valence-electron chi connectivity index (χ3n) is 7.07. The van der Waals surface area contributed by atoms with Crippen LogP contribution in [0.5, 0.6) is 17.2 Å². The number of hydrogen-bond donors (Lipinski definition) is 0. The first kappa shape index (κ1) is 31.2. The minimum absolute atomic E-state index is 0.0174. The minimum atomic E-state index is -1.15. The fourth-order valence-corrected chi connectivity index (χ4v) is 5.99. The number of aromatic nitrogens is 1. The first-order valence-electron chi connectivity index (χ1n) is 14.2. The van der Waals surface area contributed by atoms with Gasteiger partial charge >= 0.3 is 5.97 Å². The normalized spacial score (nSPS) is 14.4. The number of nitro groups is 1. The average molecular weight is 630 g/mol. The minimum Gasteiger partial charge on any atom is -0.497 e. The Balaban J connectivity index is 1.68. The second kappa shape index (κ2) is 13.6. The molecule has 12 heteroatoms. The number of esters is 1. The number of nitrogens with zero attached hydrogens (tertiary/aromatic N) is 3. The van der Waals surface area contributed by atoms with Crippen LogP contribution in [-0.2, 0) is 16.1 Å². The van der Waals surface area contributed by atoms with Crippen molar-refractivity contribution in [2.24, 2.45) is 4.99 Å². The van der Waals surface area contributed by atoms with Crippen LogP contribution in [-0.4, -0.2) is 35.8 Å². The highest BCUT2D eigenvalue weighted by molar-refractivity contribution is 7.07. The number of carbonyl (C=O) groups is 1. The van der Waals surface area contributed by atoms with Crippen molar-refractivity contribution in [3.8, 4) is 17.2 Å². The molecule has 0 spiro atoms. The molecule has 4 aromatic rings. The van der Waals surface area contributed by atoms with Crippen LogP contribution in [0.15, 0.2) is 82.1 Å². The largest absolute Gasteiger partial charge is 0.497 e. The smallest absolute Gasteiger partial charge is 0.338 e. The Morgan fingerprint density at radius 1 is 1.04 bits per heavy atom.